The van der Waals surface area contributed by atoms with Gasteiger partial charge in [0.15, 0.2) is 0 Å². The number of amides is 1. The van der Waals surface area contributed by atoms with Crippen LogP contribution < -0.4 is 0 Å². The van der Waals surface area contributed by atoms with Crippen LogP contribution in [0.15, 0.2) is 11.5 Å². The number of carbonyl (C=O) groups is 1. The summed E-state index contributed by atoms with van der Waals surface area (Å²) in [4.78, 5) is 13.0. The van der Waals surface area contributed by atoms with E-state index in [9.17, 15) is 9.18 Å². The lowest BCUT2D eigenvalue weighted by Gasteiger charge is -2.19. The summed E-state index contributed by atoms with van der Waals surface area (Å²) < 4.78 is 13.2. The van der Waals surface area contributed by atoms with Crippen LogP contribution in [0.2, 0.25) is 0 Å². The Morgan fingerprint density at radius 1 is 1.54 bits per heavy atom. The molecule has 2 fully saturated rings. The van der Waals surface area contributed by atoms with Crippen LogP contribution >= 0.6 is 0 Å². The van der Waals surface area contributed by atoms with Gasteiger partial charge in [-0.25, -0.2) is 4.39 Å². The van der Waals surface area contributed by atoms with E-state index in [1.54, 1.807) is 4.90 Å². The standard InChI is InChI=1S/C10H14FNO/c1-7(11)10(8-4-5-8)12-6-2-3-9(12)13/h8H,2-6H2,1H3/b10-7-. The van der Waals surface area contributed by atoms with Gasteiger partial charge in [0, 0.05) is 18.9 Å². The predicted octanol–water partition coefficient (Wildman–Crippen LogP) is 2.22. The Kier molecular flexibility index (Phi) is 2.10. The summed E-state index contributed by atoms with van der Waals surface area (Å²) in [5.74, 6) is 0.253. The highest BCUT2D eigenvalue weighted by atomic mass is 19.1. The molecule has 0 bridgehead atoms. The fourth-order valence-corrected chi connectivity index (χ4v) is 1.95. The number of rotatable bonds is 2. The lowest BCUT2D eigenvalue weighted by Crippen LogP contribution is -2.25. The van der Waals surface area contributed by atoms with Gasteiger partial charge in [-0.2, -0.15) is 0 Å². The Bertz CT molecular complexity index is 264. The maximum absolute atomic E-state index is 13.2. The summed E-state index contributed by atoms with van der Waals surface area (Å²) in [5, 5.41) is 0. The Morgan fingerprint density at radius 3 is 2.62 bits per heavy atom. The molecule has 72 valence electrons. The van der Waals surface area contributed by atoms with Gasteiger partial charge >= 0.3 is 0 Å². The van der Waals surface area contributed by atoms with E-state index in [-0.39, 0.29) is 11.7 Å². The van der Waals surface area contributed by atoms with E-state index in [0.29, 0.717) is 24.6 Å². The van der Waals surface area contributed by atoms with Crippen LogP contribution in [0, 0.1) is 5.92 Å². The Labute approximate surface area is 77.4 Å². The molecule has 0 radical (unpaired) electrons. The van der Waals surface area contributed by atoms with Crippen LogP contribution in [0.1, 0.15) is 32.6 Å². The first-order valence-electron chi connectivity index (χ1n) is 4.87. The highest BCUT2D eigenvalue weighted by molar-refractivity contribution is 5.80. The van der Waals surface area contributed by atoms with Gasteiger partial charge in [0.05, 0.1) is 5.70 Å². The van der Waals surface area contributed by atoms with Gasteiger partial charge < -0.3 is 4.90 Å². The van der Waals surface area contributed by atoms with Gasteiger partial charge in [-0.1, -0.05) is 0 Å². The van der Waals surface area contributed by atoms with Crippen LogP contribution in [0.25, 0.3) is 0 Å². The Morgan fingerprint density at radius 2 is 2.23 bits per heavy atom. The predicted molar refractivity (Wildman–Crippen MR) is 47.5 cm³/mol. The number of allylic oxidation sites excluding steroid dienone is 2. The zero-order valence-electron chi connectivity index (χ0n) is 7.85. The smallest absolute Gasteiger partial charge is 0.226 e. The van der Waals surface area contributed by atoms with Gasteiger partial charge in [0.25, 0.3) is 0 Å². The van der Waals surface area contributed by atoms with E-state index < -0.39 is 0 Å². The van der Waals surface area contributed by atoms with Crippen molar-refractivity contribution in [2.45, 2.75) is 32.6 Å². The zero-order chi connectivity index (χ0) is 9.42. The largest absolute Gasteiger partial charge is 0.313 e. The molecule has 2 rings (SSSR count). The van der Waals surface area contributed by atoms with Crippen molar-refractivity contribution in [2.24, 2.45) is 5.92 Å². The topological polar surface area (TPSA) is 20.3 Å². The van der Waals surface area contributed by atoms with E-state index in [1.165, 1.54) is 6.92 Å². The monoisotopic (exact) mass is 183 g/mol. The van der Waals surface area contributed by atoms with E-state index >= 15 is 0 Å². The first-order valence-corrected chi connectivity index (χ1v) is 4.87. The van der Waals surface area contributed by atoms with Crippen molar-refractivity contribution in [3.05, 3.63) is 11.5 Å². The third-order valence-electron chi connectivity index (χ3n) is 2.68. The summed E-state index contributed by atoms with van der Waals surface area (Å²) in [6, 6.07) is 0. The van der Waals surface area contributed by atoms with Crippen LogP contribution in [-0.2, 0) is 4.79 Å². The molecule has 0 aromatic carbocycles. The number of halogens is 1. The maximum Gasteiger partial charge on any atom is 0.226 e. The van der Waals surface area contributed by atoms with Crippen LogP contribution in [-0.4, -0.2) is 17.4 Å². The molecule has 1 saturated carbocycles. The second-order valence-corrected chi connectivity index (χ2v) is 3.84. The van der Waals surface area contributed by atoms with Crippen molar-refractivity contribution >= 4 is 5.91 Å². The Hall–Kier alpha value is -0.860. The van der Waals surface area contributed by atoms with Crippen molar-refractivity contribution < 1.29 is 9.18 Å². The summed E-state index contributed by atoms with van der Waals surface area (Å²) in [6.07, 6.45) is 3.55. The molecule has 0 aromatic heterocycles. The van der Waals surface area contributed by atoms with Crippen LogP contribution in [0.4, 0.5) is 4.39 Å². The molecule has 3 heteroatoms. The molecule has 2 aliphatic rings. The number of likely N-dealkylation sites (tertiary alicyclic amines) is 1. The van der Waals surface area contributed by atoms with Crippen molar-refractivity contribution in [1.29, 1.82) is 0 Å². The van der Waals surface area contributed by atoms with Gasteiger partial charge in [0.1, 0.15) is 5.83 Å². The fourth-order valence-electron chi connectivity index (χ4n) is 1.95. The second-order valence-electron chi connectivity index (χ2n) is 3.84. The van der Waals surface area contributed by atoms with Crippen LogP contribution in [0.5, 0.6) is 0 Å². The first kappa shape index (κ1) is 8.73. The molecule has 1 saturated heterocycles. The molecule has 0 aromatic rings. The lowest BCUT2D eigenvalue weighted by molar-refractivity contribution is -0.126. The number of hydrogen-bond donors (Lipinski definition) is 0. The second kappa shape index (κ2) is 3.13. The van der Waals surface area contributed by atoms with Gasteiger partial charge in [0.2, 0.25) is 5.91 Å². The van der Waals surface area contributed by atoms with Crippen molar-refractivity contribution in [1.82, 2.24) is 4.90 Å². The SMILES string of the molecule is C/C(F)=C(\C1CC1)N1CCCC1=O. The summed E-state index contributed by atoms with van der Waals surface area (Å²) in [5.41, 5.74) is 0.669. The van der Waals surface area contributed by atoms with Gasteiger partial charge in [-0.05, 0) is 26.2 Å². The van der Waals surface area contributed by atoms with Crippen molar-refractivity contribution in [2.75, 3.05) is 6.54 Å². The average Bonchev–Trinajstić information content (AvgIpc) is 2.78. The summed E-state index contributed by atoms with van der Waals surface area (Å²) in [7, 11) is 0. The van der Waals surface area contributed by atoms with E-state index in [4.69, 9.17) is 0 Å². The molecule has 0 unspecified atom stereocenters. The lowest BCUT2D eigenvalue weighted by atomic mass is 10.2. The summed E-state index contributed by atoms with van der Waals surface area (Å²) >= 11 is 0. The molecule has 1 amide bonds. The van der Waals surface area contributed by atoms with E-state index in [0.717, 1.165) is 19.3 Å². The number of nitrogens with zero attached hydrogens (tertiary/aromatic N) is 1. The highest BCUT2D eigenvalue weighted by Gasteiger charge is 2.35. The molecule has 13 heavy (non-hydrogen) atoms. The third-order valence-corrected chi connectivity index (χ3v) is 2.68. The molecule has 1 aliphatic carbocycles. The highest BCUT2D eigenvalue weighted by Crippen LogP contribution is 2.41. The molecule has 1 aliphatic heterocycles. The molecular formula is C10H14FNO. The first-order chi connectivity index (χ1) is 6.20. The molecule has 2 nitrogen and oxygen atoms in total. The van der Waals surface area contributed by atoms with E-state index in [2.05, 4.69) is 0 Å². The van der Waals surface area contributed by atoms with Crippen LogP contribution in [0.3, 0.4) is 0 Å². The maximum atomic E-state index is 13.2. The molecule has 1 heterocycles. The zero-order valence-corrected chi connectivity index (χ0v) is 7.85. The van der Waals surface area contributed by atoms with Crippen molar-refractivity contribution in [3.63, 3.8) is 0 Å². The molecule has 0 atom stereocenters. The Balaban J connectivity index is 2.20. The fraction of sp³-hybridized carbons (Fsp3) is 0.700. The quantitative estimate of drug-likeness (QED) is 0.642. The van der Waals surface area contributed by atoms with E-state index in [1.807, 2.05) is 0 Å². The molecule has 0 spiro atoms. The minimum atomic E-state index is -0.169. The minimum Gasteiger partial charge on any atom is -0.313 e. The third kappa shape index (κ3) is 1.60. The molecule has 0 N–H and O–H groups in total. The molecular weight excluding hydrogens is 169 g/mol. The number of carbonyl (C=O) groups excluding carboxylic acids is 1. The number of hydrogen-bond acceptors (Lipinski definition) is 1. The van der Waals surface area contributed by atoms with Crippen molar-refractivity contribution in [3.8, 4) is 0 Å². The van der Waals surface area contributed by atoms with Gasteiger partial charge in [-0.3, -0.25) is 4.79 Å². The summed E-state index contributed by atoms with van der Waals surface area (Å²) in [6.45, 7) is 2.17. The van der Waals surface area contributed by atoms with Gasteiger partial charge in [-0.15, -0.1) is 0 Å². The normalized spacial score (nSPS) is 25.1. The average molecular weight is 183 g/mol. The minimum absolute atomic E-state index is 0.0962.